The Morgan fingerprint density at radius 2 is 2.25 bits per heavy atom. The number of hydrogen-bond acceptors (Lipinski definition) is 2. The Morgan fingerprint density at radius 3 is 2.62 bits per heavy atom. The van der Waals surface area contributed by atoms with Crippen molar-refractivity contribution in [2.24, 2.45) is 0 Å². The van der Waals surface area contributed by atoms with E-state index in [1.165, 1.54) is 6.08 Å². The van der Waals surface area contributed by atoms with E-state index in [1.54, 1.807) is 6.08 Å². The molecule has 2 heteroatoms. The van der Waals surface area contributed by atoms with E-state index >= 15 is 0 Å². The molecule has 46 valence electrons. The molecule has 2 N–H and O–H groups in total. The van der Waals surface area contributed by atoms with Crippen LogP contribution < -0.4 is 0 Å². The van der Waals surface area contributed by atoms with E-state index in [2.05, 4.69) is 6.58 Å². The van der Waals surface area contributed by atoms with Gasteiger partial charge in [0.25, 0.3) is 0 Å². The zero-order chi connectivity index (χ0) is 6.41. The zero-order valence-electron chi connectivity index (χ0n) is 4.67. The van der Waals surface area contributed by atoms with Gasteiger partial charge in [0.1, 0.15) is 5.76 Å². The Labute approximate surface area is 48.8 Å². The van der Waals surface area contributed by atoms with Crippen molar-refractivity contribution in [1.82, 2.24) is 0 Å². The number of rotatable bonds is 3. The normalized spacial score (nSPS) is 11.4. The van der Waals surface area contributed by atoms with Crippen molar-refractivity contribution in [2.45, 2.75) is 6.42 Å². The maximum atomic E-state index is 8.55. The largest absolute Gasteiger partial charge is 0.510 e. The first-order valence-corrected chi connectivity index (χ1v) is 2.41. The van der Waals surface area contributed by atoms with Gasteiger partial charge in [-0.15, -0.1) is 6.58 Å². The van der Waals surface area contributed by atoms with Crippen LogP contribution in [0.2, 0.25) is 0 Å². The molecule has 0 spiro atoms. The fraction of sp³-hybridized carbons (Fsp3) is 0.333. The molecule has 0 aliphatic rings. The molecule has 0 fully saturated rings. The number of allylic oxidation sites excluding steroid dienone is 2. The smallest absolute Gasteiger partial charge is 0.114 e. The molecule has 0 amide bonds. The van der Waals surface area contributed by atoms with E-state index in [0.29, 0.717) is 6.42 Å². The van der Waals surface area contributed by atoms with Gasteiger partial charge in [-0.2, -0.15) is 0 Å². The molecule has 0 aliphatic carbocycles. The highest BCUT2D eigenvalue weighted by Gasteiger charge is 1.82. The molecule has 0 radical (unpaired) electrons. The lowest BCUT2D eigenvalue weighted by Gasteiger charge is -1.88. The van der Waals surface area contributed by atoms with Gasteiger partial charge in [-0.05, 0) is 12.5 Å². The van der Waals surface area contributed by atoms with Crippen LogP contribution in [0.15, 0.2) is 24.5 Å². The Kier molecular flexibility index (Phi) is 3.98. The highest BCUT2D eigenvalue weighted by molar-refractivity contribution is 4.94. The first-order chi connectivity index (χ1) is 3.81. The first kappa shape index (κ1) is 7.24. The van der Waals surface area contributed by atoms with E-state index in [-0.39, 0.29) is 12.4 Å². The molecule has 0 unspecified atom stereocenters. The Bertz CT molecular complexity index is 94.7. The van der Waals surface area contributed by atoms with Gasteiger partial charge in [0, 0.05) is 0 Å². The molecule has 2 nitrogen and oxygen atoms in total. The van der Waals surface area contributed by atoms with Crippen LogP contribution in [0.1, 0.15) is 6.42 Å². The minimum atomic E-state index is -0.284. The fourth-order valence-electron chi connectivity index (χ4n) is 0.284. The topological polar surface area (TPSA) is 40.5 Å². The predicted molar refractivity (Wildman–Crippen MR) is 32.6 cm³/mol. The minimum absolute atomic E-state index is 0.00454. The van der Waals surface area contributed by atoms with Crippen molar-refractivity contribution in [2.75, 3.05) is 6.61 Å². The summed E-state index contributed by atoms with van der Waals surface area (Å²) in [5.74, 6) is 0.00454. The third-order valence-corrected chi connectivity index (χ3v) is 0.682. The van der Waals surface area contributed by atoms with Gasteiger partial charge in [0.15, 0.2) is 0 Å². The van der Waals surface area contributed by atoms with Crippen molar-refractivity contribution < 1.29 is 10.2 Å². The lowest BCUT2D eigenvalue weighted by atomic mass is 10.3. The molecular weight excluding hydrogens is 104 g/mol. The second kappa shape index (κ2) is 4.40. The zero-order valence-corrected chi connectivity index (χ0v) is 4.67. The summed E-state index contributed by atoms with van der Waals surface area (Å²) in [6.07, 6.45) is 3.76. The molecule has 0 bridgehead atoms. The van der Waals surface area contributed by atoms with Gasteiger partial charge >= 0.3 is 0 Å². The van der Waals surface area contributed by atoms with Crippen molar-refractivity contribution in [3.63, 3.8) is 0 Å². The van der Waals surface area contributed by atoms with E-state index in [1.807, 2.05) is 0 Å². The quantitative estimate of drug-likeness (QED) is 0.424. The van der Waals surface area contributed by atoms with E-state index in [4.69, 9.17) is 10.2 Å². The second-order valence-electron chi connectivity index (χ2n) is 1.38. The minimum Gasteiger partial charge on any atom is -0.510 e. The molecule has 8 heavy (non-hydrogen) atoms. The van der Waals surface area contributed by atoms with Gasteiger partial charge in [0.05, 0.1) is 6.61 Å². The highest BCUT2D eigenvalue weighted by atomic mass is 16.3. The van der Waals surface area contributed by atoms with Crippen LogP contribution in [-0.4, -0.2) is 16.8 Å². The molecule has 0 aromatic rings. The molecule has 0 aromatic heterocycles. The lowest BCUT2D eigenvalue weighted by Crippen LogP contribution is -1.85. The summed E-state index contributed by atoms with van der Waals surface area (Å²) >= 11 is 0. The van der Waals surface area contributed by atoms with Gasteiger partial charge in [-0.1, -0.05) is 6.08 Å². The van der Waals surface area contributed by atoms with Gasteiger partial charge in [0.2, 0.25) is 0 Å². The summed E-state index contributed by atoms with van der Waals surface area (Å²) in [5, 5.41) is 16.8. The monoisotopic (exact) mass is 114 g/mol. The Hall–Kier alpha value is -0.760. The third kappa shape index (κ3) is 3.43. The summed E-state index contributed by atoms with van der Waals surface area (Å²) in [6.45, 7) is 3.15. The van der Waals surface area contributed by atoms with E-state index < -0.39 is 0 Å². The molecule has 0 atom stereocenters. The van der Waals surface area contributed by atoms with Crippen LogP contribution in [0.4, 0.5) is 0 Å². The van der Waals surface area contributed by atoms with Crippen molar-refractivity contribution in [3.05, 3.63) is 24.5 Å². The average Bonchev–Trinajstić information content (AvgIpc) is 1.83. The second-order valence-corrected chi connectivity index (χ2v) is 1.38. The third-order valence-electron chi connectivity index (χ3n) is 0.682. The highest BCUT2D eigenvalue weighted by Crippen LogP contribution is 1.89. The molecule has 0 rings (SSSR count). The van der Waals surface area contributed by atoms with E-state index in [9.17, 15) is 0 Å². The van der Waals surface area contributed by atoms with Crippen LogP contribution in [0.5, 0.6) is 0 Å². The number of aliphatic hydroxyl groups is 2. The van der Waals surface area contributed by atoms with Gasteiger partial charge < -0.3 is 10.2 Å². The molecule has 0 aromatic carbocycles. The van der Waals surface area contributed by atoms with Crippen LogP contribution in [-0.2, 0) is 0 Å². The fourth-order valence-corrected chi connectivity index (χ4v) is 0.284. The van der Waals surface area contributed by atoms with Crippen LogP contribution in [0.25, 0.3) is 0 Å². The average molecular weight is 114 g/mol. The summed E-state index contributed by atoms with van der Waals surface area (Å²) in [7, 11) is 0. The molecule has 0 aliphatic heterocycles. The van der Waals surface area contributed by atoms with Crippen LogP contribution >= 0.6 is 0 Å². The summed E-state index contributed by atoms with van der Waals surface area (Å²) in [5.41, 5.74) is 0. The molecule has 0 saturated carbocycles. The predicted octanol–water partition coefficient (Wildman–Crippen LogP) is 0.997. The molecule has 0 heterocycles. The number of aliphatic hydroxyl groups excluding tert-OH is 2. The van der Waals surface area contributed by atoms with E-state index in [0.717, 1.165) is 0 Å². The molecule has 0 saturated heterocycles. The van der Waals surface area contributed by atoms with Crippen molar-refractivity contribution >= 4 is 0 Å². The maximum Gasteiger partial charge on any atom is 0.114 e. The summed E-state index contributed by atoms with van der Waals surface area (Å²) in [6, 6.07) is 0. The lowest BCUT2D eigenvalue weighted by molar-refractivity contribution is 0.252. The SMILES string of the molecule is C=CCC=C(O)CO. The van der Waals surface area contributed by atoms with Crippen LogP contribution in [0.3, 0.4) is 0 Å². The summed E-state index contributed by atoms with van der Waals surface area (Å²) < 4.78 is 0. The standard InChI is InChI=1S/C6H10O2/c1-2-3-4-6(8)5-7/h2,4,7-8H,1,3,5H2. The van der Waals surface area contributed by atoms with Gasteiger partial charge in [-0.25, -0.2) is 0 Å². The van der Waals surface area contributed by atoms with Crippen molar-refractivity contribution in [1.29, 1.82) is 0 Å². The maximum absolute atomic E-state index is 8.55. The molecular formula is C6H10O2. The Balaban J connectivity index is 3.40. The summed E-state index contributed by atoms with van der Waals surface area (Å²) in [4.78, 5) is 0. The van der Waals surface area contributed by atoms with Crippen LogP contribution in [0, 0.1) is 0 Å². The number of hydrogen-bond donors (Lipinski definition) is 2. The Morgan fingerprint density at radius 1 is 1.62 bits per heavy atom. The van der Waals surface area contributed by atoms with Gasteiger partial charge in [-0.3, -0.25) is 0 Å². The first-order valence-electron chi connectivity index (χ1n) is 2.41. The van der Waals surface area contributed by atoms with Crippen molar-refractivity contribution in [3.8, 4) is 0 Å².